The van der Waals surface area contributed by atoms with Crippen LogP contribution in [0, 0.1) is 0 Å². The molecule has 29 heavy (non-hydrogen) atoms. The summed E-state index contributed by atoms with van der Waals surface area (Å²) in [6, 6.07) is 17.1. The molecule has 1 atom stereocenters. The third-order valence-electron chi connectivity index (χ3n) is 4.51. The Morgan fingerprint density at radius 3 is 2.38 bits per heavy atom. The average molecular weight is 393 g/mol. The van der Waals surface area contributed by atoms with Crippen molar-refractivity contribution in [3.8, 4) is 11.5 Å². The SMILES string of the molecule is CCOc1ccc(OCCCC(=O)NC(c2ccccc2)c2nccn2C)cc1. The van der Waals surface area contributed by atoms with Crippen LogP contribution in [0.5, 0.6) is 11.5 Å². The van der Waals surface area contributed by atoms with E-state index in [9.17, 15) is 4.79 Å². The predicted molar refractivity (Wildman–Crippen MR) is 112 cm³/mol. The van der Waals surface area contributed by atoms with E-state index in [2.05, 4.69) is 10.3 Å². The Morgan fingerprint density at radius 1 is 1.07 bits per heavy atom. The van der Waals surface area contributed by atoms with Gasteiger partial charge in [-0.15, -0.1) is 0 Å². The number of aryl methyl sites for hydroxylation is 1. The smallest absolute Gasteiger partial charge is 0.220 e. The van der Waals surface area contributed by atoms with E-state index in [0.717, 1.165) is 22.9 Å². The molecule has 1 N–H and O–H groups in total. The van der Waals surface area contributed by atoms with E-state index in [-0.39, 0.29) is 11.9 Å². The normalized spacial score (nSPS) is 11.7. The summed E-state index contributed by atoms with van der Waals surface area (Å²) in [4.78, 5) is 17.0. The lowest BCUT2D eigenvalue weighted by atomic mass is 10.1. The minimum atomic E-state index is -0.282. The van der Waals surface area contributed by atoms with Crippen LogP contribution in [0.25, 0.3) is 0 Å². The van der Waals surface area contributed by atoms with E-state index < -0.39 is 0 Å². The van der Waals surface area contributed by atoms with E-state index in [1.165, 1.54) is 0 Å². The third-order valence-corrected chi connectivity index (χ3v) is 4.51. The zero-order chi connectivity index (χ0) is 20.5. The minimum absolute atomic E-state index is 0.0304. The van der Waals surface area contributed by atoms with Crippen molar-refractivity contribution in [2.24, 2.45) is 7.05 Å². The number of carbonyl (C=O) groups excluding carboxylic acids is 1. The van der Waals surface area contributed by atoms with Crippen molar-refractivity contribution in [3.05, 3.63) is 78.4 Å². The molecule has 0 fully saturated rings. The molecule has 1 heterocycles. The first kappa shape index (κ1) is 20.5. The zero-order valence-corrected chi connectivity index (χ0v) is 16.9. The van der Waals surface area contributed by atoms with Gasteiger partial charge in [-0.05, 0) is 43.2 Å². The fourth-order valence-electron chi connectivity index (χ4n) is 3.05. The molecule has 0 bridgehead atoms. The summed E-state index contributed by atoms with van der Waals surface area (Å²) < 4.78 is 13.1. The van der Waals surface area contributed by atoms with Crippen molar-refractivity contribution in [1.29, 1.82) is 0 Å². The van der Waals surface area contributed by atoms with E-state index >= 15 is 0 Å². The van der Waals surface area contributed by atoms with Crippen molar-refractivity contribution in [1.82, 2.24) is 14.9 Å². The molecule has 3 aromatic rings. The second kappa shape index (κ2) is 10.3. The lowest BCUT2D eigenvalue weighted by Gasteiger charge is -2.19. The number of aromatic nitrogens is 2. The Morgan fingerprint density at radius 2 is 1.76 bits per heavy atom. The number of ether oxygens (including phenoxy) is 2. The van der Waals surface area contributed by atoms with Gasteiger partial charge in [-0.3, -0.25) is 4.79 Å². The van der Waals surface area contributed by atoms with Crippen LogP contribution in [-0.4, -0.2) is 28.7 Å². The number of amides is 1. The Bertz CT molecular complexity index is 891. The van der Waals surface area contributed by atoms with Gasteiger partial charge in [0.25, 0.3) is 0 Å². The highest BCUT2D eigenvalue weighted by atomic mass is 16.5. The quantitative estimate of drug-likeness (QED) is 0.531. The van der Waals surface area contributed by atoms with Crippen molar-refractivity contribution < 1.29 is 14.3 Å². The van der Waals surface area contributed by atoms with Gasteiger partial charge in [0.15, 0.2) is 0 Å². The molecule has 1 aromatic heterocycles. The molecule has 6 heteroatoms. The largest absolute Gasteiger partial charge is 0.494 e. The summed E-state index contributed by atoms with van der Waals surface area (Å²) in [5, 5.41) is 3.10. The van der Waals surface area contributed by atoms with E-state index in [4.69, 9.17) is 9.47 Å². The predicted octanol–water partition coefficient (Wildman–Crippen LogP) is 3.88. The fourth-order valence-corrected chi connectivity index (χ4v) is 3.05. The summed E-state index contributed by atoms with van der Waals surface area (Å²) in [7, 11) is 1.93. The highest BCUT2D eigenvalue weighted by Crippen LogP contribution is 2.21. The summed E-state index contributed by atoms with van der Waals surface area (Å²) in [5.41, 5.74) is 1.00. The molecule has 1 unspecified atom stereocenters. The first-order chi connectivity index (χ1) is 14.2. The standard InChI is InChI=1S/C23H27N3O3/c1-3-28-19-11-13-20(14-12-19)29-17-7-10-21(27)25-22(18-8-5-4-6-9-18)23-24-15-16-26(23)2/h4-6,8-9,11-16,22H,3,7,10,17H2,1-2H3,(H,25,27). The first-order valence-electron chi connectivity index (χ1n) is 9.84. The molecule has 0 saturated carbocycles. The number of hydrogen-bond donors (Lipinski definition) is 1. The van der Waals surface area contributed by atoms with Crippen molar-refractivity contribution in [2.75, 3.05) is 13.2 Å². The lowest BCUT2D eigenvalue weighted by Crippen LogP contribution is -2.31. The van der Waals surface area contributed by atoms with Gasteiger partial charge >= 0.3 is 0 Å². The van der Waals surface area contributed by atoms with Gasteiger partial charge < -0.3 is 19.4 Å². The Hall–Kier alpha value is -3.28. The van der Waals surface area contributed by atoms with Gasteiger partial charge in [0, 0.05) is 25.9 Å². The first-order valence-corrected chi connectivity index (χ1v) is 9.84. The van der Waals surface area contributed by atoms with Crippen molar-refractivity contribution in [2.45, 2.75) is 25.8 Å². The Kier molecular flexibility index (Phi) is 7.28. The van der Waals surface area contributed by atoms with Crippen LogP contribution in [0.2, 0.25) is 0 Å². The van der Waals surface area contributed by atoms with Gasteiger partial charge in [0.2, 0.25) is 5.91 Å². The summed E-state index contributed by atoms with van der Waals surface area (Å²) in [5.74, 6) is 2.36. The van der Waals surface area contributed by atoms with Gasteiger partial charge in [0.05, 0.1) is 13.2 Å². The maximum Gasteiger partial charge on any atom is 0.220 e. The van der Waals surface area contributed by atoms with Crippen LogP contribution in [0.4, 0.5) is 0 Å². The molecule has 0 spiro atoms. The lowest BCUT2D eigenvalue weighted by molar-refractivity contribution is -0.121. The summed E-state index contributed by atoms with van der Waals surface area (Å²) in [6.45, 7) is 3.06. The maximum absolute atomic E-state index is 12.5. The molecule has 152 valence electrons. The Labute approximate surface area is 171 Å². The molecular formula is C23H27N3O3. The number of nitrogens with one attached hydrogen (secondary N) is 1. The van der Waals surface area contributed by atoms with Gasteiger partial charge in [-0.2, -0.15) is 0 Å². The fraction of sp³-hybridized carbons (Fsp3) is 0.304. The van der Waals surface area contributed by atoms with Crippen molar-refractivity contribution in [3.63, 3.8) is 0 Å². The number of hydrogen-bond acceptors (Lipinski definition) is 4. The van der Waals surface area contributed by atoms with Gasteiger partial charge in [-0.25, -0.2) is 4.98 Å². The van der Waals surface area contributed by atoms with Crippen LogP contribution >= 0.6 is 0 Å². The molecule has 2 aromatic carbocycles. The number of benzene rings is 2. The molecule has 0 aliphatic rings. The molecule has 0 aliphatic carbocycles. The number of rotatable bonds is 10. The highest BCUT2D eigenvalue weighted by Gasteiger charge is 2.20. The van der Waals surface area contributed by atoms with E-state index in [0.29, 0.717) is 26.1 Å². The zero-order valence-electron chi connectivity index (χ0n) is 16.9. The second-order valence-corrected chi connectivity index (χ2v) is 6.66. The molecule has 0 aliphatic heterocycles. The molecular weight excluding hydrogens is 366 g/mol. The molecule has 0 saturated heterocycles. The van der Waals surface area contributed by atoms with Crippen LogP contribution in [0.1, 0.15) is 37.2 Å². The maximum atomic E-state index is 12.5. The average Bonchev–Trinajstić information content (AvgIpc) is 3.17. The number of carbonyl (C=O) groups is 1. The molecule has 3 rings (SSSR count). The molecule has 0 radical (unpaired) electrons. The number of nitrogens with zero attached hydrogens (tertiary/aromatic N) is 2. The van der Waals surface area contributed by atoms with Crippen LogP contribution in [-0.2, 0) is 11.8 Å². The van der Waals surface area contributed by atoms with Crippen molar-refractivity contribution >= 4 is 5.91 Å². The van der Waals surface area contributed by atoms with Crippen LogP contribution in [0.15, 0.2) is 67.0 Å². The van der Waals surface area contributed by atoms with Crippen LogP contribution in [0.3, 0.4) is 0 Å². The highest BCUT2D eigenvalue weighted by molar-refractivity contribution is 5.76. The topological polar surface area (TPSA) is 65.4 Å². The second-order valence-electron chi connectivity index (χ2n) is 6.66. The summed E-state index contributed by atoms with van der Waals surface area (Å²) >= 11 is 0. The van der Waals surface area contributed by atoms with Crippen LogP contribution < -0.4 is 14.8 Å². The van der Waals surface area contributed by atoms with E-state index in [1.54, 1.807) is 6.20 Å². The minimum Gasteiger partial charge on any atom is -0.494 e. The Balaban J connectivity index is 1.51. The number of imidazole rings is 1. The summed E-state index contributed by atoms with van der Waals surface area (Å²) in [6.07, 6.45) is 4.62. The van der Waals surface area contributed by atoms with Gasteiger partial charge in [-0.1, -0.05) is 30.3 Å². The molecule has 1 amide bonds. The third kappa shape index (κ3) is 5.85. The molecule has 6 nitrogen and oxygen atoms in total. The monoisotopic (exact) mass is 393 g/mol. The van der Waals surface area contributed by atoms with E-state index in [1.807, 2.05) is 79.3 Å². The van der Waals surface area contributed by atoms with Gasteiger partial charge in [0.1, 0.15) is 23.4 Å².